The van der Waals surface area contributed by atoms with E-state index in [4.69, 9.17) is 0 Å². The summed E-state index contributed by atoms with van der Waals surface area (Å²) in [4.78, 5) is 4.65. The SMILES string of the molecule is Cc1ccc(N(c2ccc(C)cc2)c2ccc(C(I)c3ccc(N(c4ccc(C)cc4)c4ccc(C)cc4)cc3)cc2)cc1. The summed E-state index contributed by atoms with van der Waals surface area (Å²) in [6.45, 7) is 8.52. The van der Waals surface area contributed by atoms with Crippen LogP contribution in [0.15, 0.2) is 146 Å². The van der Waals surface area contributed by atoms with Crippen LogP contribution in [0.2, 0.25) is 0 Å². The zero-order valence-electron chi connectivity index (χ0n) is 25.7. The van der Waals surface area contributed by atoms with E-state index >= 15 is 0 Å². The Morgan fingerprint density at radius 1 is 0.318 bits per heavy atom. The van der Waals surface area contributed by atoms with Gasteiger partial charge in [-0.25, -0.2) is 0 Å². The largest absolute Gasteiger partial charge is 0.311 e. The van der Waals surface area contributed by atoms with E-state index in [1.165, 1.54) is 33.4 Å². The molecule has 218 valence electrons. The van der Waals surface area contributed by atoms with Crippen LogP contribution in [0.5, 0.6) is 0 Å². The lowest BCUT2D eigenvalue weighted by atomic mass is 10.0. The molecule has 0 saturated carbocycles. The maximum absolute atomic E-state index is 2.56. The standard InChI is InChI=1S/C41H37IN2/c1-29-5-17-35(18-6-29)43(36-19-7-30(2)8-20-36)39-25-13-33(14-26-39)41(42)34-15-27-40(28-16-34)44(37-21-9-31(3)10-22-37)38-23-11-32(4)12-24-38/h5-28,41H,1-4H3. The van der Waals surface area contributed by atoms with E-state index in [2.05, 4.69) is 206 Å². The van der Waals surface area contributed by atoms with E-state index in [-0.39, 0.29) is 3.92 Å². The Labute approximate surface area is 275 Å². The number of rotatable bonds is 8. The lowest BCUT2D eigenvalue weighted by Crippen LogP contribution is -2.10. The van der Waals surface area contributed by atoms with Crippen LogP contribution in [0, 0.1) is 27.7 Å². The first kappa shape index (κ1) is 29.7. The van der Waals surface area contributed by atoms with Gasteiger partial charge in [-0.15, -0.1) is 0 Å². The van der Waals surface area contributed by atoms with Crippen molar-refractivity contribution in [1.82, 2.24) is 0 Å². The van der Waals surface area contributed by atoms with Gasteiger partial charge in [0.05, 0.1) is 3.92 Å². The van der Waals surface area contributed by atoms with Gasteiger partial charge in [-0.05, 0) is 112 Å². The molecule has 0 N–H and O–H groups in total. The molecule has 0 unspecified atom stereocenters. The predicted molar refractivity (Wildman–Crippen MR) is 197 cm³/mol. The average Bonchev–Trinajstić information content (AvgIpc) is 3.05. The Kier molecular flexibility index (Phi) is 8.85. The molecule has 0 radical (unpaired) electrons. The van der Waals surface area contributed by atoms with Gasteiger partial charge in [0.15, 0.2) is 0 Å². The summed E-state index contributed by atoms with van der Waals surface area (Å²) in [5.74, 6) is 0. The van der Waals surface area contributed by atoms with Crippen LogP contribution in [-0.2, 0) is 0 Å². The highest BCUT2D eigenvalue weighted by atomic mass is 127. The van der Waals surface area contributed by atoms with Crippen molar-refractivity contribution in [2.45, 2.75) is 31.6 Å². The third-order valence-electron chi connectivity index (χ3n) is 8.06. The fourth-order valence-corrected chi connectivity index (χ4v) is 6.28. The summed E-state index contributed by atoms with van der Waals surface area (Å²) in [6.07, 6.45) is 0. The van der Waals surface area contributed by atoms with Gasteiger partial charge in [0.2, 0.25) is 0 Å². The van der Waals surface area contributed by atoms with Crippen LogP contribution < -0.4 is 9.80 Å². The molecule has 6 aromatic carbocycles. The molecule has 0 aromatic heterocycles. The number of anilines is 6. The van der Waals surface area contributed by atoms with Crippen molar-refractivity contribution in [3.8, 4) is 0 Å². The molecular weight excluding hydrogens is 647 g/mol. The molecule has 0 saturated heterocycles. The second kappa shape index (κ2) is 13.1. The van der Waals surface area contributed by atoms with E-state index in [0.29, 0.717) is 0 Å². The molecule has 3 heteroatoms. The molecule has 0 heterocycles. The van der Waals surface area contributed by atoms with Crippen molar-refractivity contribution in [1.29, 1.82) is 0 Å². The normalized spacial score (nSPS) is 11.0. The Bertz CT molecular complexity index is 1580. The second-order valence-corrected chi connectivity index (χ2v) is 12.8. The first-order chi connectivity index (χ1) is 21.4. The topological polar surface area (TPSA) is 6.48 Å². The van der Waals surface area contributed by atoms with Crippen molar-refractivity contribution in [2.24, 2.45) is 0 Å². The van der Waals surface area contributed by atoms with E-state index in [0.717, 1.165) is 34.1 Å². The minimum absolute atomic E-state index is 0.232. The Balaban J connectivity index is 1.28. The Hall–Kier alpha value is -4.35. The third kappa shape index (κ3) is 6.58. The minimum Gasteiger partial charge on any atom is -0.311 e. The van der Waals surface area contributed by atoms with Gasteiger partial charge in [-0.3, -0.25) is 0 Å². The highest BCUT2D eigenvalue weighted by molar-refractivity contribution is 14.1. The number of halogens is 1. The Morgan fingerprint density at radius 2 is 0.500 bits per heavy atom. The Morgan fingerprint density at radius 3 is 0.705 bits per heavy atom. The lowest BCUT2D eigenvalue weighted by Gasteiger charge is -2.27. The molecule has 0 fully saturated rings. The maximum atomic E-state index is 2.56. The smallest absolute Gasteiger partial charge is 0.0608 e. The quantitative estimate of drug-likeness (QED) is 0.116. The van der Waals surface area contributed by atoms with E-state index < -0.39 is 0 Å². The fourth-order valence-electron chi connectivity index (χ4n) is 5.45. The minimum atomic E-state index is 0.232. The summed E-state index contributed by atoms with van der Waals surface area (Å²) < 4.78 is 0.232. The number of hydrogen-bond donors (Lipinski definition) is 0. The number of hydrogen-bond acceptors (Lipinski definition) is 2. The second-order valence-electron chi connectivity index (χ2n) is 11.6. The molecule has 2 nitrogen and oxygen atoms in total. The van der Waals surface area contributed by atoms with Gasteiger partial charge in [-0.1, -0.05) is 118 Å². The zero-order chi connectivity index (χ0) is 30.6. The fraction of sp³-hybridized carbons (Fsp3) is 0.122. The predicted octanol–water partition coefficient (Wildman–Crippen LogP) is 12.4. The van der Waals surface area contributed by atoms with Crippen molar-refractivity contribution >= 4 is 56.7 Å². The molecule has 0 aliphatic heterocycles. The molecule has 0 spiro atoms. The number of nitrogens with zero attached hydrogens (tertiary/aromatic N) is 2. The number of alkyl halides is 1. The van der Waals surface area contributed by atoms with Crippen LogP contribution in [0.1, 0.15) is 37.3 Å². The summed E-state index contributed by atoms with van der Waals surface area (Å²) in [7, 11) is 0. The molecule has 0 amide bonds. The van der Waals surface area contributed by atoms with Crippen LogP contribution in [-0.4, -0.2) is 0 Å². The number of benzene rings is 6. The lowest BCUT2D eigenvalue weighted by molar-refractivity contribution is 1.18. The highest BCUT2D eigenvalue weighted by Gasteiger charge is 2.17. The van der Waals surface area contributed by atoms with E-state index in [1.807, 2.05) is 0 Å². The van der Waals surface area contributed by atoms with Crippen LogP contribution in [0.4, 0.5) is 34.1 Å². The summed E-state index contributed by atoms with van der Waals surface area (Å²) in [5.41, 5.74) is 14.5. The molecule has 0 bridgehead atoms. The van der Waals surface area contributed by atoms with Crippen molar-refractivity contribution < 1.29 is 0 Å². The molecule has 6 aromatic rings. The summed E-state index contributed by atoms with van der Waals surface area (Å²) in [5, 5.41) is 0. The molecule has 0 atom stereocenters. The molecule has 6 rings (SSSR count). The van der Waals surface area contributed by atoms with Gasteiger partial charge in [-0.2, -0.15) is 0 Å². The van der Waals surface area contributed by atoms with E-state index in [1.54, 1.807) is 0 Å². The van der Waals surface area contributed by atoms with Crippen LogP contribution in [0.25, 0.3) is 0 Å². The summed E-state index contributed by atoms with van der Waals surface area (Å²) in [6, 6.07) is 53.0. The van der Waals surface area contributed by atoms with Crippen molar-refractivity contribution in [3.05, 3.63) is 179 Å². The maximum Gasteiger partial charge on any atom is 0.0608 e. The average molecular weight is 685 g/mol. The summed E-state index contributed by atoms with van der Waals surface area (Å²) >= 11 is 2.56. The highest BCUT2D eigenvalue weighted by Crippen LogP contribution is 2.39. The van der Waals surface area contributed by atoms with Crippen molar-refractivity contribution in [2.75, 3.05) is 9.80 Å². The van der Waals surface area contributed by atoms with Crippen molar-refractivity contribution in [3.63, 3.8) is 0 Å². The molecule has 0 aliphatic rings. The van der Waals surface area contributed by atoms with Gasteiger partial charge in [0.1, 0.15) is 0 Å². The first-order valence-corrected chi connectivity index (χ1v) is 16.3. The monoisotopic (exact) mass is 684 g/mol. The van der Waals surface area contributed by atoms with Gasteiger partial charge >= 0.3 is 0 Å². The van der Waals surface area contributed by atoms with Crippen LogP contribution in [0.3, 0.4) is 0 Å². The number of aryl methyl sites for hydroxylation is 4. The molecule has 0 aliphatic carbocycles. The van der Waals surface area contributed by atoms with Gasteiger partial charge in [0.25, 0.3) is 0 Å². The first-order valence-electron chi connectivity index (χ1n) is 15.1. The van der Waals surface area contributed by atoms with Crippen LogP contribution >= 0.6 is 22.6 Å². The molecular formula is C41H37IN2. The van der Waals surface area contributed by atoms with Gasteiger partial charge < -0.3 is 9.80 Å². The zero-order valence-corrected chi connectivity index (χ0v) is 27.9. The van der Waals surface area contributed by atoms with Gasteiger partial charge in [0, 0.05) is 34.1 Å². The molecule has 44 heavy (non-hydrogen) atoms. The third-order valence-corrected chi connectivity index (χ3v) is 9.49. The van der Waals surface area contributed by atoms with E-state index in [9.17, 15) is 0 Å².